The number of fused-ring (bicyclic) bond motifs is 1. The molecule has 136 valence electrons. The normalized spacial score (nSPS) is 28.8. The molecule has 1 aliphatic carbocycles. The van der Waals surface area contributed by atoms with E-state index >= 15 is 0 Å². The van der Waals surface area contributed by atoms with Gasteiger partial charge in [0.15, 0.2) is 0 Å². The second-order valence-corrected chi connectivity index (χ2v) is 6.98. The second-order valence-electron chi connectivity index (χ2n) is 6.98. The number of oxazole rings is 1. The lowest BCUT2D eigenvalue weighted by molar-refractivity contribution is -0.142. The van der Waals surface area contributed by atoms with Crippen LogP contribution in [0.15, 0.2) is 4.42 Å². The summed E-state index contributed by atoms with van der Waals surface area (Å²) in [7, 11) is 0. The number of aromatic nitrogens is 1. The lowest BCUT2D eigenvalue weighted by Gasteiger charge is -2.27. The van der Waals surface area contributed by atoms with Crippen molar-refractivity contribution in [3.63, 3.8) is 0 Å². The van der Waals surface area contributed by atoms with Crippen LogP contribution in [-0.2, 0) is 22.5 Å². The Morgan fingerprint density at radius 1 is 1.28 bits per heavy atom. The molecule has 0 bridgehead atoms. The highest BCUT2D eigenvalue weighted by atomic mass is 19.1. The molecular weight excluding hydrogens is 329 g/mol. The number of amides is 2. The van der Waals surface area contributed by atoms with Gasteiger partial charge >= 0.3 is 5.91 Å². The molecule has 3 aliphatic rings. The minimum Gasteiger partial charge on any atom is -0.437 e. The van der Waals surface area contributed by atoms with E-state index in [9.17, 15) is 14.0 Å². The molecule has 8 heteroatoms. The summed E-state index contributed by atoms with van der Waals surface area (Å²) in [5.74, 6) is 0.220. The largest absolute Gasteiger partial charge is 0.437 e. The van der Waals surface area contributed by atoms with Crippen LogP contribution in [0.3, 0.4) is 0 Å². The average molecular weight is 351 g/mol. The first-order valence-corrected chi connectivity index (χ1v) is 8.94. The lowest BCUT2D eigenvalue weighted by Crippen LogP contribution is -2.41. The molecule has 1 saturated heterocycles. The molecular formula is C17H22FN3O4. The van der Waals surface area contributed by atoms with Crippen molar-refractivity contribution >= 4 is 11.8 Å². The van der Waals surface area contributed by atoms with Crippen molar-refractivity contribution in [1.29, 1.82) is 0 Å². The highest BCUT2D eigenvalue weighted by Gasteiger charge is 2.33. The predicted octanol–water partition coefficient (Wildman–Crippen LogP) is 1.36. The van der Waals surface area contributed by atoms with E-state index in [2.05, 4.69) is 10.3 Å². The zero-order valence-electron chi connectivity index (χ0n) is 14.0. The van der Waals surface area contributed by atoms with Gasteiger partial charge in [-0.15, -0.1) is 0 Å². The molecule has 0 radical (unpaired) electrons. The summed E-state index contributed by atoms with van der Waals surface area (Å²) >= 11 is 0. The van der Waals surface area contributed by atoms with Gasteiger partial charge < -0.3 is 19.4 Å². The van der Waals surface area contributed by atoms with Crippen molar-refractivity contribution in [2.24, 2.45) is 0 Å². The Morgan fingerprint density at radius 2 is 2.16 bits per heavy atom. The van der Waals surface area contributed by atoms with Crippen LogP contribution in [0.1, 0.15) is 54.2 Å². The molecule has 2 amide bonds. The van der Waals surface area contributed by atoms with Crippen molar-refractivity contribution in [3.05, 3.63) is 17.3 Å². The first-order chi connectivity index (χ1) is 12.1. The van der Waals surface area contributed by atoms with Crippen molar-refractivity contribution in [1.82, 2.24) is 15.2 Å². The van der Waals surface area contributed by atoms with Gasteiger partial charge in [-0.05, 0) is 32.1 Å². The van der Waals surface area contributed by atoms with Crippen LogP contribution in [0.4, 0.5) is 4.39 Å². The first kappa shape index (κ1) is 16.5. The maximum Gasteiger partial charge on any atom is 0.307 e. The molecule has 3 heterocycles. The summed E-state index contributed by atoms with van der Waals surface area (Å²) in [6, 6.07) is -0.163. The molecule has 7 nitrogen and oxygen atoms in total. The number of nitrogens with one attached hydrogen (secondary N) is 1. The molecule has 3 atom stereocenters. The van der Waals surface area contributed by atoms with Gasteiger partial charge in [0.2, 0.25) is 0 Å². The van der Waals surface area contributed by atoms with E-state index in [0.717, 1.165) is 12.8 Å². The van der Waals surface area contributed by atoms with Gasteiger partial charge in [-0.1, -0.05) is 0 Å². The predicted molar refractivity (Wildman–Crippen MR) is 84.6 cm³/mol. The summed E-state index contributed by atoms with van der Waals surface area (Å²) in [6.45, 7) is 1.50. The molecule has 1 saturated carbocycles. The van der Waals surface area contributed by atoms with Crippen molar-refractivity contribution < 1.29 is 23.1 Å². The Hall–Kier alpha value is -1.96. The molecule has 2 fully saturated rings. The van der Waals surface area contributed by atoms with E-state index < -0.39 is 12.1 Å². The standard InChI is InChI=1S/C17H22FN3O4/c18-10-3-4-11(8-10)19-15(22)16-20-12-9-21(6-5-13(12)25-16)17(23)14-2-1-7-24-14/h10-11,14H,1-9H2,(H,19,22)/t10-,11-,14-/m1/s1. The number of carbonyl (C=O) groups is 2. The first-order valence-electron chi connectivity index (χ1n) is 8.94. The van der Waals surface area contributed by atoms with Gasteiger partial charge in [0.1, 0.15) is 23.7 Å². The topological polar surface area (TPSA) is 84.7 Å². The number of alkyl halides is 1. The van der Waals surface area contributed by atoms with Gasteiger partial charge in [0, 0.05) is 25.6 Å². The summed E-state index contributed by atoms with van der Waals surface area (Å²) in [5.41, 5.74) is 0.623. The number of carbonyl (C=O) groups excluding carboxylic acids is 2. The van der Waals surface area contributed by atoms with Crippen LogP contribution in [0.2, 0.25) is 0 Å². The Kier molecular flexibility index (Phi) is 4.45. The Balaban J connectivity index is 1.40. The van der Waals surface area contributed by atoms with Crippen LogP contribution in [-0.4, -0.2) is 53.2 Å². The zero-order valence-corrected chi connectivity index (χ0v) is 14.0. The Bertz CT molecular complexity index is 671. The highest BCUT2D eigenvalue weighted by Crippen LogP contribution is 2.24. The SMILES string of the molecule is O=C(N[C@@H]1CC[C@@H](F)C1)c1nc2c(o1)CCN(C(=O)[C@H]1CCCO1)C2. The van der Waals surface area contributed by atoms with E-state index in [4.69, 9.17) is 9.15 Å². The smallest absolute Gasteiger partial charge is 0.307 e. The Morgan fingerprint density at radius 3 is 2.88 bits per heavy atom. The Labute approximate surface area is 144 Å². The fourth-order valence-electron chi connectivity index (χ4n) is 3.76. The number of halogens is 1. The third kappa shape index (κ3) is 3.40. The number of hydrogen-bond acceptors (Lipinski definition) is 5. The summed E-state index contributed by atoms with van der Waals surface area (Å²) in [5, 5.41) is 2.78. The number of hydrogen-bond donors (Lipinski definition) is 1. The van der Waals surface area contributed by atoms with E-state index in [-0.39, 0.29) is 23.9 Å². The van der Waals surface area contributed by atoms with Crippen molar-refractivity contribution in [2.45, 2.75) is 63.4 Å². The van der Waals surface area contributed by atoms with Crippen LogP contribution >= 0.6 is 0 Å². The lowest BCUT2D eigenvalue weighted by atomic mass is 10.1. The zero-order chi connectivity index (χ0) is 17.4. The molecule has 4 rings (SSSR count). The average Bonchev–Trinajstić information content (AvgIpc) is 3.34. The monoisotopic (exact) mass is 351 g/mol. The maximum atomic E-state index is 13.2. The number of nitrogens with zero attached hydrogens (tertiary/aromatic N) is 2. The van der Waals surface area contributed by atoms with Gasteiger partial charge in [-0.2, -0.15) is 0 Å². The third-order valence-corrected chi connectivity index (χ3v) is 5.14. The van der Waals surface area contributed by atoms with Gasteiger partial charge in [0.25, 0.3) is 11.8 Å². The van der Waals surface area contributed by atoms with Crippen molar-refractivity contribution in [2.75, 3.05) is 13.2 Å². The molecule has 2 aliphatic heterocycles. The van der Waals surface area contributed by atoms with Crippen LogP contribution < -0.4 is 5.32 Å². The second kappa shape index (κ2) is 6.74. The summed E-state index contributed by atoms with van der Waals surface area (Å²) in [4.78, 5) is 30.7. The van der Waals surface area contributed by atoms with Crippen LogP contribution in [0.25, 0.3) is 0 Å². The fraction of sp³-hybridized carbons (Fsp3) is 0.706. The van der Waals surface area contributed by atoms with E-state index in [1.54, 1.807) is 4.90 Å². The van der Waals surface area contributed by atoms with Crippen LogP contribution in [0, 0.1) is 0 Å². The maximum absolute atomic E-state index is 13.2. The van der Waals surface area contributed by atoms with Gasteiger partial charge in [-0.3, -0.25) is 9.59 Å². The molecule has 1 N–H and O–H groups in total. The number of rotatable bonds is 3. The molecule has 0 unspecified atom stereocenters. The minimum atomic E-state index is -0.847. The molecule has 1 aromatic heterocycles. The highest BCUT2D eigenvalue weighted by molar-refractivity contribution is 5.90. The number of ether oxygens (including phenoxy) is 1. The van der Waals surface area contributed by atoms with Gasteiger partial charge in [-0.25, -0.2) is 9.37 Å². The fourth-order valence-corrected chi connectivity index (χ4v) is 3.76. The van der Waals surface area contributed by atoms with E-state index in [1.165, 1.54) is 0 Å². The molecule has 0 aromatic carbocycles. The van der Waals surface area contributed by atoms with Crippen LogP contribution in [0.5, 0.6) is 0 Å². The van der Waals surface area contributed by atoms with E-state index in [1.807, 2.05) is 0 Å². The third-order valence-electron chi connectivity index (χ3n) is 5.14. The summed E-state index contributed by atoms with van der Waals surface area (Å²) < 4.78 is 24.2. The minimum absolute atomic E-state index is 0.00118. The molecule has 1 aromatic rings. The van der Waals surface area contributed by atoms with Gasteiger partial charge in [0.05, 0.1) is 6.54 Å². The molecule has 25 heavy (non-hydrogen) atoms. The quantitative estimate of drug-likeness (QED) is 0.889. The van der Waals surface area contributed by atoms with Crippen molar-refractivity contribution in [3.8, 4) is 0 Å². The van der Waals surface area contributed by atoms with E-state index in [0.29, 0.717) is 56.8 Å². The summed E-state index contributed by atoms with van der Waals surface area (Å²) in [6.07, 6.45) is 2.45. The molecule has 0 spiro atoms.